The number of hydrogen-bond acceptors (Lipinski definition) is 5. The fraction of sp³-hybridized carbons (Fsp3) is 0.440. The maximum Gasteiger partial charge on any atom is 0.258 e. The summed E-state index contributed by atoms with van der Waals surface area (Å²) in [6.07, 6.45) is 7.00. The van der Waals surface area contributed by atoms with Crippen LogP contribution in [0.25, 0.3) is 22.6 Å². The molecule has 4 aromatic heterocycles. The van der Waals surface area contributed by atoms with Gasteiger partial charge in [0, 0.05) is 12.3 Å². The fourth-order valence-corrected chi connectivity index (χ4v) is 4.90. The predicted molar refractivity (Wildman–Crippen MR) is 126 cm³/mol. The van der Waals surface area contributed by atoms with E-state index in [1.807, 2.05) is 36.8 Å². The van der Waals surface area contributed by atoms with Crippen LogP contribution in [0.2, 0.25) is 0 Å². The molecule has 0 radical (unpaired) electrons. The van der Waals surface area contributed by atoms with Crippen molar-refractivity contribution in [3.05, 3.63) is 63.5 Å². The third-order valence-electron chi connectivity index (χ3n) is 6.72. The van der Waals surface area contributed by atoms with Crippen LogP contribution in [-0.4, -0.2) is 48.5 Å². The summed E-state index contributed by atoms with van der Waals surface area (Å²) in [5.41, 5.74) is 7.07. The monoisotopic (exact) mass is 430 g/mol. The first kappa shape index (κ1) is 20.8. The molecule has 0 bridgehead atoms. The van der Waals surface area contributed by atoms with Gasteiger partial charge in [-0.1, -0.05) is 19.9 Å². The third-order valence-corrected chi connectivity index (χ3v) is 6.72. The van der Waals surface area contributed by atoms with Crippen LogP contribution in [0.15, 0.2) is 35.4 Å². The molecule has 0 amide bonds. The van der Waals surface area contributed by atoms with Crippen LogP contribution < -0.4 is 5.56 Å². The van der Waals surface area contributed by atoms with Gasteiger partial charge in [-0.2, -0.15) is 5.10 Å². The lowest BCUT2D eigenvalue weighted by molar-refractivity contribution is 0.222. The maximum atomic E-state index is 13.1. The number of aromatic nitrogens is 5. The highest BCUT2D eigenvalue weighted by Crippen LogP contribution is 2.29. The van der Waals surface area contributed by atoms with Crippen LogP contribution in [-0.2, 0) is 6.42 Å². The summed E-state index contributed by atoms with van der Waals surface area (Å²) >= 11 is 0. The molecule has 166 valence electrons. The quantitative estimate of drug-likeness (QED) is 0.493. The molecule has 5 heterocycles. The Morgan fingerprint density at radius 3 is 2.50 bits per heavy atom. The van der Waals surface area contributed by atoms with Gasteiger partial charge in [0.2, 0.25) is 0 Å². The average molecular weight is 431 g/mol. The number of hydrogen-bond donors (Lipinski definition) is 0. The van der Waals surface area contributed by atoms with Crippen molar-refractivity contribution in [3.63, 3.8) is 0 Å². The van der Waals surface area contributed by atoms with Crippen molar-refractivity contribution in [2.45, 2.75) is 52.9 Å². The van der Waals surface area contributed by atoms with Crippen LogP contribution in [0, 0.1) is 13.8 Å². The summed E-state index contributed by atoms with van der Waals surface area (Å²) < 4.78 is 3.55. The van der Waals surface area contributed by atoms with E-state index in [4.69, 9.17) is 10.1 Å². The summed E-state index contributed by atoms with van der Waals surface area (Å²) in [7, 11) is 0. The molecule has 0 aliphatic carbocycles. The van der Waals surface area contributed by atoms with Crippen LogP contribution in [0.3, 0.4) is 0 Å². The van der Waals surface area contributed by atoms with Gasteiger partial charge in [-0.15, -0.1) is 0 Å². The maximum absolute atomic E-state index is 13.1. The first-order valence-corrected chi connectivity index (χ1v) is 11.6. The largest absolute Gasteiger partial charge is 0.304 e. The number of fused-ring (bicyclic) bond motifs is 2. The Bertz CT molecular complexity index is 1360. The summed E-state index contributed by atoms with van der Waals surface area (Å²) in [4.78, 5) is 25.1. The lowest BCUT2D eigenvalue weighted by Gasteiger charge is -2.31. The highest BCUT2D eigenvalue weighted by atomic mass is 16.1. The van der Waals surface area contributed by atoms with Crippen LogP contribution in [0.5, 0.6) is 0 Å². The van der Waals surface area contributed by atoms with Crippen LogP contribution >= 0.6 is 0 Å². The molecule has 1 fully saturated rings. The molecule has 0 atom stereocenters. The summed E-state index contributed by atoms with van der Waals surface area (Å²) in [6.45, 7) is 11.7. The van der Waals surface area contributed by atoms with E-state index in [1.165, 1.54) is 5.56 Å². The zero-order valence-electron chi connectivity index (χ0n) is 19.3. The summed E-state index contributed by atoms with van der Waals surface area (Å²) in [5, 5.41) is 4.70. The molecular weight excluding hydrogens is 400 g/mol. The SMILES string of the molecule is CCc1nc(C)cn2nc(-c3cc(=O)n4cc(C5CCN(CC)CC5)cc(C)c4n3)cc12. The number of rotatable bonds is 4. The van der Waals surface area contributed by atoms with E-state index in [-0.39, 0.29) is 5.56 Å². The Hall–Kier alpha value is -3.06. The van der Waals surface area contributed by atoms with E-state index < -0.39 is 0 Å². The molecule has 0 aromatic carbocycles. The van der Waals surface area contributed by atoms with E-state index in [1.54, 1.807) is 10.5 Å². The zero-order valence-corrected chi connectivity index (χ0v) is 19.3. The van der Waals surface area contributed by atoms with Gasteiger partial charge in [0.15, 0.2) is 0 Å². The number of aryl methyl sites for hydroxylation is 3. The number of pyridine rings is 1. The minimum atomic E-state index is -0.0666. The van der Waals surface area contributed by atoms with Gasteiger partial charge in [0.1, 0.15) is 11.3 Å². The first-order valence-electron chi connectivity index (χ1n) is 11.6. The summed E-state index contributed by atoms with van der Waals surface area (Å²) in [5.74, 6) is 0.495. The summed E-state index contributed by atoms with van der Waals surface area (Å²) in [6, 6.07) is 5.79. The molecule has 1 aliphatic rings. The number of likely N-dealkylation sites (tertiary alicyclic amines) is 1. The molecule has 1 aliphatic heterocycles. The van der Waals surface area contributed by atoms with Crippen LogP contribution in [0.4, 0.5) is 0 Å². The van der Waals surface area contributed by atoms with Crippen molar-refractivity contribution in [1.29, 1.82) is 0 Å². The highest BCUT2D eigenvalue weighted by molar-refractivity contribution is 5.67. The Labute approximate surface area is 187 Å². The van der Waals surface area contributed by atoms with Gasteiger partial charge in [-0.05, 0) is 75.9 Å². The van der Waals surface area contributed by atoms with Crippen molar-refractivity contribution in [2.75, 3.05) is 19.6 Å². The van der Waals surface area contributed by atoms with Gasteiger partial charge in [0.25, 0.3) is 5.56 Å². The predicted octanol–water partition coefficient (Wildman–Crippen LogP) is 3.78. The van der Waals surface area contributed by atoms with Crippen molar-refractivity contribution < 1.29 is 0 Å². The lowest BCUT2D eigenvalue weighted by Crippen LogP contribution is -2.32. The lowest BCUT2D eigenvalue weighted by atomic mass is 9.90. The Morgan fingerprint density at radius 2 is 1.78 bits per heavy atom. The molecular formula is C25H30N6O. The Kier molecular flexibility index (Phi) is 5.29. The fourth-order valence-electron chi connectivity index (χ4n) is 4.90. The average Bonchev–Trinajstić information content (AvgIpc) is 3.23. The molecule has 7 heteroatoms. The van der Waals surface area contributed by atoms with Crippen molar-refractivity contribution >= 4 is 11.2 Å². The highest BCUT2D eigenvalue weighted by Gasteiger charge is 2.21. The first-order chi connectivity index (χ1) is 15.5. The minimum absolute atomic E-state index is 0.0666. The molecule has 7 nitrogen and oxygen atoms in total. The van der Waals surface area contributed by atoms with Crippen molar-refractivity contribution in [3.8, 4) is 11.4 Å². The number of nitrogens with zero attached hydrogens (tertiary/aromatic N) is 6. The second-order valence-corrected chi connectivity index (χ2v) is 8.88. The standard InChI is InChI=1S/C25H30N6O/c1-5-20-23-12-22(28-31(23)14-17(4)26-20)21-13-24(32)30-15-19(11-16(3)25(30)27-21)18-7-9-29(6-2)10-8-18/h11-15,18H,5-10H2,1-4H3. The molecule has 5 rings (SSSR count). The van der Waals surface area contributed by atoms with E-state index >= 15 is 0 Å². The smallest absolute Gasteiger partial charge is 0.258 e. The van der Waals surface area contributed by atoms with Gasteiger partial charge in [-0.3, -0.25) is 14.2 Å². The third kappa shape index (κ3) is 3.60. The van der Waals surface area contributed by atoms with Crippen LogP contribution in [0.1, 0.15) is 55.1 Å². The Morgan fingerprint density at radius 1 is 1.00 bits per heavy atom. The second kappa shape index (κ2) is 8.13. The molecule has 0 N–H and O–H groups in total. The molecule has 32 heavy (non-hydrogen) atoms. The van der Waals surface area contributed by atoms with Crippen molar-refractivity contribution in [1.82, 2.24) is 28.9 Å². The normalized spacial score (nSPS) is 15.8. The molecule has 0 spiro atoms. The molecule has 4 aromatic rings. The number of piperidine rings is 1. The second-order valence-electron chi connectivity index (χ2n) is 8.88. The topological polar surface area (TPSA) is 67.8 Å². The van der Waals surface area contributed by atoms with Gasteiger partial charge in [-0.25, -0.2) is 9.50 Å². The van der Waals surface area contributed by atoms with Crippen molar-refractivity contribution in [2.24, 2.45) is 0 Å². The van der Waals surface area contributed by atoms with E-state index in [2.05, 4.69) is 29.8 Å². The van der Waals surface area contributed by atoms with E-state index in [0.717, 1.165) is 61.4 Å². The van der Waals surface area contributed by atoms with E-state index in [0.29, 0.717) is 23.0 Å². The molecule has 1 saturated heterocycles. The van der Waals surface area contributed by atoms with Gasteiger partial charge in [0.05, 0.1) is 28.8 Å². The molecule has 0 unspecified atom stereocenters. The van der Waals surface area contributed by atoms with E-state index in [9.17, 15) is 4.79 Å². The molecule has 0 saturated carbocycles. The zero-order chi connectivity index (χ0) is 22.4. The van der Waals surface area contributed by atoms with Gasteiger partial charge >= 0.3 is 0 Å². The Balaban J connectivity index is 1.56. The van der Waals surface area contributed by atoms with Gasteiger partial charge < -0.3 is 4.90 Å². The minimum Gasteiger partial charge on any atom is -0.304 e.